The van der Waals surface area contributed by atoms with Gasteiger partial charge >= 0.3 is 0 Å². The van der Waals surface area contributed by atoms with E-state index in [2.05, 4.69) is 35.1 Å². The van der Waals surface area contributed by atoms with E-state index in [1.54, 1.807) is 0 Å². The number of benzene rings is 1. The first-order valence-corrected chi connectivity index (χ1v) is 6.88. The summed E-state index contributed by atoms with van der Waals surface area (Å²) in [5, 5.41) is 9.80. The first kappa shape index (κ1) is 11.3. The molecule has 0 radical (unpaired) electrons. The number of rotatable bonds is 2. The lowest BCUT2D eigenvalue weighted by Gasteiger charge is -1.96. The van der Waals surface area contributed by atoms with Crippen LogP contribution in [0.5, 0.6) is 0 Å². The van der Waals surface area contributed by atoms with Crippen molar-refractivity contribution in [1.82, 2.24) is 15.2 Å². The summed E-state index contributed by atoms with van der Waals surface area (Å²) in [7, 11) is 0. The minimum absolute atomic E-state index is 0.569. The van der Waals surface area contributed by atoms with Crippen molar-refractivity contribution in [3.63, 3.8) is 0 Å². The van der Waals surface area contributed by atoms with Crippen molar-refractivity contribution in [3.05, 3.63) is 29.5 Å². The number of aryl methyl sites for hydroxylation is 2. The molecule has 0 aliphatic carbocycles. The number of thioether (sulfide) groups is 1. The highest BCUT2D eigenvalue weighted by molar-refractivity contribution is 7.98. The smallest absolute Gasteiger partial charge is 0.276 e. The maximum Gasteiger partial charge on any atom is 0.276 e. The van der Waals surface area contributed by atoms with E-state index >= 15 is 0 Å². The number of hydrogen-bond donors (Lipinski definition) is 1. The number of aromatic nitrogens is 3. The molecule has 0 aliphatic rings. The lowest BCUT2D eigenvalue weighted by molar-refractivity contribution is 0.466. The highest BCUT2D eigenvalue weighted by Crippen LogP contribution is 2.28. The zero-order chi connectivity index (χ0) is 12.7. The van der Waals surface area contributed by atoms with Gasteiger partial charge in [0, 0.05) is 22.2 Å². The molecular formula is C13H13N3OS. The van der Waals surface area contributed by atoms with E-state index in [1.807, 2.05) is 18.4 Å². The average molecular weight is 259 g/mol. The van der Waals surface area contributed by atoms with Crippen LogP contribution in [0.25, 0.3) is 22.4 Å². The van der Waals surface area contributed by atoms with Gasteiger partial charge in [-0.2, -0.15) is 0 Å². The number of aromatic amines is 1. The largest absolute Gasteiger partial charge is 0.411 e. The highest BCUT2D eigenvalue weighted by Gasteiger charge is 2.10. The molecule has 0 fully saturated rings. The van der Waals surface area contributed by atoms with Crippen LogP contribution in [-0.2, 0) is 0 Å². The SMILES string of the molecule is CSc1nnc(-c2ccc3[nH]c(C)c(C)c3c2)o1. The van der Waals surface area contributed by atoms with Crippen LogP contribution in [0.4, 0.5) is 0 Å². The predicted octanol–water partition coefficient (Wildman–Crippen LogP) is 3.56. The van der Waals surface area contributed by atoms with E-state index in [4.69, 9.17) is 4.42 Å². The summed E-state index contributed by atoms with van der Waals surface area (Å²) in [6, 6.07) is 6.13. The van der Waals surface area contributed by atoms with Gasteiger partial charge in [0.15, 0.2) is 0 Å². The highest BCUT2D eigenvalue weighted by atomic mass is 32.2. The van der Waals surface area contributed by atoms with Crippen molar-refractivity contribution in [2.75, 3.05) is 6.26 Å². The molecule has 0 unspecified atom stereocenters. The summed E-state index contributed by atoms with van der Waals surface area (Å²) in [5.41, 5.74) is 4.55. The monoisotopic (exact) mass is 259 g/mol. The molecule has 1 N–H and O–H groups in total. The van der Waals surface area contributed by atoms with Gasteiger partial charge in [-0.25, -0.2) is 0 Å². The van der Waals surface area contributed by atoms with Gasteiger partial charge < -0.3 is 9.40 Å². The van der Waals surface area contributed by atoms with Crippen LogP contribution in [-0.4, -0.2) is 21.4 Å². The fourth-order valence-corrected chi connectivity index (χ4v) is 2.29. The van der Waals surface area contributed by atoms with Gasteiger partial charge in [0.1, 0.15) is 0 Å². The normalized spacial score (nSPS) is 11.3. The minimum Gasteiger partial charge on any atom is -0.411 e. The molecule has 4 nitrogen and oxygen atoms in total. The number of hydrogen-bond acceptors (Lipinski definition) is 4. The van der Waals surface area contributed by atoms with Crippen molar-refractivity contribution >= 4 is 22.7 Å². The molecule has 0 amide bonds. The van der Waals surface area contributed by atoms with Crippen molar-refractivity contribution in [3.8, 4) is 11.5 Å². The van der Waals surface area contributed by atoms with Crippen LogP contribution < -0.4 is 0 Å². The zero-order valence-electron chi connectivity index (χ0n) is 10.4. The molecule has 2 heterocycles. The molecule has 3 aromatic rings. The van der Waals surface area contributed by atoms with E-state index in [0.717, 1.165) is 11.1 Å². The first-order valence-electron chi connectivity index (χ1n) is 5.66. The number of nitrogens with zero attached hydrogens (tertiary/aromatic N) is 2. The van der Waals surface area contributed by atoms with Crippen molar-refractivity contribution in [1.29, 1.82) is 0 Å². The van der Waals surface area contributed by atoms with Crippen molar-refractivity contribution < 1.29 is 4.42 Å². The first-order chi connectivity index (χ1) is 8.69. The van der Waals surface area contributed by atoms with Gasteiger partial charge in [-0.05, 0) is 43.9 Å². The van der Waals surface area contributed by atoms with Crippen LogP contribution in [0.15, 0.2) is 27.8 Å². The Labute approximate surface area is 109 Å². The van der Waals surface area contributed by atoms with Crippen molar-refractivity contribution in [2.24, 2.45) is 0 Å². The summed E-state index contributed by atoms with van der Waals surface area (Å²) in [6.45, 7) is 4.19. The van der Waals surface area contributed by atoms with Crippen LogP contribution >= 0.6 is 11.8 Å². The van der Waals surface area contributed by atoms with Gasteiger partial charge in [0.2, 0.25) is 5.89 Å². The van der Waals surface area contributed by atoms with Crippen LogP contribution in [0, 0.1) is 13.8 Å². The number of nitrogens with one attached hydrogen (secondary N) is 1. The maximum atomic E-state index is 5.54. The van der Waals surface area contributed by atoms with E-state index in [0.29, 0.717) is 11.1 Å². The molecule has 5 heteroatoms. The Morgan fingerprint density at radius 3 is 2.78 bits per heavy atom. The maximum absolute atomic E-state index is 5.54. The van der Waals surface area contributed by atoms with Gasteiger partial charge in [0.25, 0.3) is 5.22 Å². The minimum atomic E-state index is 0.569. The summed E-state index contributed by atoms with van der Waals surface area (Å²) >= 11 is 1.45. The van der Waals surface area contributed by atoms with Crippen LogP contribution in [0.3, 0.4) is 0 Å². The second-order valence-electron chi connectivity index (χ2n) is 4.21. The molecular weight excluding hydrogens is 246 g/mol. The Morgan fingerprint density at radius 2 is 2.06 bits per heavy atom. The summed E-state index contributed by atoms with van der Waals surface area (Å²) in [5.74, 6) is 0.569. The summed E-state index contributed by atoms with van der Waals surface area (Å²) in [4.78, 5) is 3.35. The predicted molar refractivity (Wildman–Crippen MR) is 72.8 cm³/mol. The van der Waals surface area contributed by atoms with Gasteiger partial charge in [-0.3, -0.25) is 0 Å². The number of H-pyrrole nitrogens is 1. The average Bonchev–Trinajstić information content (AvgIpc) is 2.96. The lowest BCUT2D eigenvalue weighted by Crippen LogP contribution is -1.78. The Kier molecular flexibility index (Phi) is 2.63. The van der Waals surface area contributed by atoms with Crippen LogP contribution in [0.1, 0.15) is 11.3 Å². The van der Waals surface area contributed by atoms with Crippen molar-refractivity contribution in [2.45, 2.75) is 19.1 Å². The van der Waals surface area contributed by atoms with Gasteiger partial charge in [0.05, 0.1) is 0 Å². The fourth-order valence-electron chi connectivity index (χ4n) is 2.00. The van der Waals surface area contributed by atoms with Crippen LogP contribution in [0.2, 0.25) is 0 Å². The van der Waals surface area contributed by atoms with E-state index in [1.165, 1.54) is 28.4 Å². The van der Waals surface area contributed by atoms with E-state index in [-0.39, 0.29) is 0 Å². The third kappa shape index (κ3) is 1.71. The van der Waals surface area contributed by atoms with Gasteiger partial charge in [-0.15, -0.1) is 10.2 Å². The summed E-state index contributed by atoms with van der Waals surface area (Å²) in [6.07, 6.45) is 1.92. The molecule has 0 atom stereocenters. The Bertz CT molecular complexity index is 714. The Morgan fingerprint density at radius 1 is 1.22 bits per heavy atom. The second-order valence-corrected chi connectivity index (χ2v) is 4.97. The second kappa shape index (κ2) is 4.17. The van der Waals surface area contributed by atoms with E-state index < -0.39 is 0 Å². The third-order valence-corrected chi connectivity index (χ3v) is 3.65. The molecule has 1 aromatic carbocycles. The molecule has 18 heavy (non-hydrogen) atoms. The summed E-state index contributed by atoms with van der Waals surface area (Å²) < 4.78 is 5.54. The molecule has 92 valence electrons. The molecule has 0 saturated carbocycles. The Hall–Kier alpha value is -1.75. The zero-order valence-corrected chi connectivity index (χ0v) is 11.3. The standard InChI is InChI=1S/C13H13N3OS/c1-7-8(2)14-11-5-4-9(6-10(7)11)12-15-16-13(17-12)18-3/h4-6,14H,1-3H3. The lowest BCUT2D eigenvalue weighted by atomic mass is 10.1. The molecule has 0 saturated heterocycles. The van der Waals surface area contributed by atoms with E-state index in [9.17, 15) is 0 Å². The molecule has 2 aromatic heterocycles. The molecule has 0 bridgehead atoms. The third-order valence-electron chi connectivity index (χ3n) is 3.14. The van der Waals surface area contributed by atoms with Gasteiger partial charge in [-0.1, -0.05) is 11.8 Å². The quantitative estimate of drug-likeness (QED) is 0.715. The fraction of sp³-hybridized carbons (Fsp3) is 0.231. The number of fused-ring (bicyclic) bond motifs is 1. The molecule has 3 rings (SSSR count). The molecule has 0 aliphatic heterocycles. The topological polar surface area (TPSA) is 54.7 Å². The Balaban J connectivity index is 2.15. The molecule has 0 spiro atoms.